The number of aryl methyl sites for hydroxylation is 1. The molecule has 0 saturated carbocycles. The van der Waals surface area contributed by atoms with Crippen LogP contribution in [0.1, 0.15) is 36.5 Å². The molecule has 24 heavy (non-hydrogen) atoms. The van der Waals surface area contributed by atoms with Crippen LogP contribution in [0.15, 0.2) is 30.3 Å². The molecule has 1 aromatic carbocycles. The van der Waals surface area contributed by atoms with Crippen LogP contribution in [0.3, 0.4) is 0 Å². The maximum atomic E-state index is 12.4. The highest BCUT2D eigenvalue weighted by molar-refractivity contribution is 5.96. The third-order valence-corrected chi connectivity index (χ3v) is 4.01. The summed E-state index contributed by atoms with van der Waals surface area (Å²) in [6.45, 7) is 5.00. The highest BCUT2D eigenvalue weighted by Gasteiger charge is 2.33. The number of nitrogens with zero attached hydrogens (tertiary/aromatic N) is 2. The highest BCUT2D eigenvalue weighted by Crippen LogP contribution is 2.17. The number of benzene rings is 1. The summed E-state index contributed by atoms with van der Waals surface area (Å²) in [5.74, 6) is -0.872. The van der Waals surface area contributed by atoms with E-state index in [0.29, 0.717) is 0 Å². The third-order valence-electron chi connectivity index (χ3n) is 4.01. The maximum absolute atomic E-state index is 12.4. The summed E-state index contributed by atoms with van der Waals surface area (Å²) in [5.41, 5.74) is 0.390. The molecule has 0 bridgehead atoms. The Morgan fingerprint density at radius 1 is 1.33 bits per heavy atom. The van der Waals surface area contributed by atoms with Crippen molar-refractivity contribution in [3.8, 4) is 11.4 Å². The van der Waals surface area contributed by atoms with Gasteiger partial charge in [-0.15, -0.1) is 0 Å². The van der Waals surface area contributed by atoms with Gasteiger partial charge in [0.25, 0.3) is 5.91 Å². The zero-order valence-corrected chi connectivity index (χ0v) is 14.2. The van der Waals surface area contributed by atoms with E-state index in [1.165, 1.54) is 6.92 Å². The predicted molar refractivity (Wildman–Crippen MR) is 88.7 cm³/mol. The summed E-state index contributed by atoms with van der Waals surface area (Å²) < 4.78 is 6.74. The van der Waals surface area contributed by atoms with Crippen LogP contribution in [0.2, 0.25) is 0 Å². The van der Waals surface area contributed by atoms with Crippen molar-refractivity contribution in [3.05, 3.63) is 41.7 Å². The molecule has 2 rings (SSSR count). The van der Waals surface area contributed by atoms with Gasteiger partial charge in [0.15, 0.2) is 5.69 Å². The van der Waals surface area contributed by atoms with Crippen LogP contribution in [0.4, 0.5) is 0 Å². The molecule has 2 aromatic rings. The van der Waals surface area contributed by atoms with Crippen molar-refractivity contribution in [1.29, 1.82) is 0 Å². The Morgan fingerprint density at radius 2 is 1.96 bits per heavy atom. The lowest BCUT2D eigenvalue weighted by atomic mass is 9.99. The second kappa shape index (κ2) is 6.74. The van der Waals surface area contributed by atoms with Crippen molar-refractivity contribution >= 4 is 11.9 Å². The summed E-state index contributed by atoms with van der Waals surface area (Å²) in [5, 5.41) is 16.1. The Labute approximate surface area is 140 Å². The molecular formula is C17H21N3O4. The first-order chi connectivity index (χ1) is 11.3. The number of aliphatic carboxylic acids is 1. The van der Waals surface area contributed by atoms with E-state index in [2.05, 4.69) is 10.4 Å². The lowest BCUT2D eigenvalue weighted by Crippen LogP contribution is -2.51. The Kier molecular flexibility index (Phi) is 4.92. The maximum Gasteiger partial charge on any atom is 0.329 e. The van der Waals surface area contributed by atoms with E-state index >= 15 is 0 Å². The largest absolute Gasteiger partial charge is 0.497 e. The third kappa shape index (κ3) is 3.40. The second-order valence-corrected chi connectivity index (χ2v) is 5.73. The zero-order chi connectivity index (χ0) is 17.9. The predicted octanol–water partition coefficient (Wildman–Crippen LogP) is 2.17. The van der Waals surface area contributed by atoms with E-state index in [9.17, 15) is 14.7 Å². The minimum atomic E-state index is -1.32. The lowest BCUT2D eigenvalue weighted by molar-refractivity contribution is -0.143. The smallest absolute Gasteiger partial charge is 0.329 e. The summed E-state index contributed by atoms with van der Waals surface area (Å²) in [6, 6.07) is 8.88. The fourth-order valence-corrected chi connectivity index (χ4v) is 2.18. The molecule has 7 heteroatoms. The van der Waals surface area contributed by atoms with Crippen molar-refractivity contribution in [3.63, 3.8) is 0 Å². The highest BCUT2D eigenvalue weighted by atomic mass is 16.5. The fourth-order valence-electron chi connectivity index (χ4n) is 2.18. The average Bonchev–Trinajstić information content (AvgIpc) is 2.96. The average molecular weight is 331 g/mol. The van der Waals surface area contributed by atoms with Gasteiger partial charge in [-0.25, -0.2) is 9.48 Å². The topological polar surface area (TPSA) is 93.5 Å². The molecule has 0 aliphatic rings. The normalized spacial score (nSPS) is 13.2. The molecule has 0 aliphatic carbocycles. The molecule has 1 heterocycles. The van der Waals surface area contributed by atoms with Gasteiger partial charge in [0.1, 0.15) is 11.3 Å². The van der Waals surface area contributed by atoms with Gasteiger partial charge in [0, 0.05) is 5.69 Å². The second-order valence-electron chi connectivity index (χ2n) is 5.73. The number of carbonyl (C=O) groups is 2. The molecule has 0 spiro atoms. The number of carboxylic acids is 1. The minimum absolute atomic E-state index is 0.171. The molecule has 2 N–H and O–H groups in total. The molecule has 7 nitrogen and oxygen atoms in total. The van der Waals surface area contributed by atoms with E-state index in [0.717, 1.165) is 17.1 Å². The number of hydrogen-bond donors (Lipinski definition) is 2. The van der Waals surface area contributed by atoms with E-state index < -0.39 is 17.4 Å². The number of amides is 1. The molecule has 1 aromatic heterocycles. The number of carbonyl (C=O) groups excluding carboxylic acids is 1. The number of aromatic nitrogens is 2. The van der Waals surface area contributed by atoms with Crippen molar-refractivity contribution in [1.82, 2.24) is 15.1 Å². The van der Waals surface area contributed by atoms with Gasteiger partial charge < -0.3 is 15.2 Å². The summed E-state index contributed by atoms with van der Waals surface area (Å²) >= 11 is 0. The van der Waals surface area contributed by atoms with Crippen molar-refractivity contribution in [2.24, 2.45) is 0 Å². The van der Waals surface area contributed by atoms with Gasteiger partial charge in [-0.05, 0) is 50.6 Å². The Hall–Kier alpha value is -2.83. The van der Waals surface area contributed by atoms with Crippen LogP contribution in [0, 0.1) is 6.92 Å². The molecule has 0 radical (unpaired) electrons. The fraction of sp³-hybridized carbons (Fsp3) is 0.353. The number of nitrogens with one attached hydrogen (secondary N) is 1. The Morgan fingerprint density at radius 3 is 2.46 bits per heavy atom. The lowest BCUT2D eigenvalue weighted by Gasteiger charge is -2.23. The minimum Gasteiger partial charge on any atom is -0.497 e. The van der Waals surface area contributed by atoms with Gasteiger partial charge in [0.2, 0.25) is 0 Å². The van der Waals surface area contributed by atoms with Crippen LogP contribution < -0.4 is 10.1 Å². The van der Waals surface area contributed by atoms with Crippen LogP contribution in [-0.2, 0) is 4.79 Å². The Balaban J connectivity index is 2.27. The molecular weight excluding hydrogens is 310 g/mol. The summed E-state index contributed by atoms with van der Waals surface area (Å²) in [4.78, 5) is 23.7. The van der Waals surface area contributed by atoms with Gasteiger partial charge >= 0.3 is 5.97 Å². The number of hydrogen-bond acceptors (Lipinski definition) is 4. The van der Waals surface area contributed by atoms with Gasteiger partial charge in [-0.2, -0.15) is 5.10 Å². The van der Waals surface area contributed by atoms with Gasteiger partial charge in [-0.3, -0.25) is 4.79 Å². The first kappa shape index (κ1) is 17.5. The standard InChI is InChI=1S/C17H21N3O4/c1-5-17(3,16(22)23)18-15(21)14-10-11(2)20(19-14)12-6-8-13(24-4)9-7-12/h6-10H,5H2,1-4H3,(H,18,21)(H,22,23). The van der Waals surface area contributed by atoms with E-state index in [1.54, 1.807) is 36.9 Å². The molecule has 1 amide bonds. The van der Waals surface area contributed by atoms with E-state index in [4.69, 9.17) is 4.74 Å². The molecule has 0 fully saturated rings. The van der Waals surface area contributed by atoms with E-state index in [1.807, 2.05) is 19.1 Å². The van der Waals surface area contributed by atoms with Crippen LogP contribution in [-0.4, -0.2) is 39.4 Å². The molecule has 1 unspecified atom stereocenters. The first-order valence-electron chi connectivity index (χ1n) is 7.57. The van der Waals surface area contributed by atoms with Gasteiger partial charge in [-0.1, -0.05) is 6.92 Å². The SMILES string of the molecule is CCC(C)(NC(=O)c1cc(C)n(-c2ccc(OC)cc2)n1)C(=O)O. The number of methoxy groups -OCH3 is 1. The summed E-state index contributed by atoms with van der Waals surface area (Å²) in [6.07, 6.45) is 0.270. The van der Waals surface area contributed by atoms with Crippen LogP contribution >= 0.6 is 0 Å². The zero-order valence-electron chi connectivity index (χ0n) is 14.2. The quantitative estimate of drug-likeness (QED) is 0.846. The molecule has 1 atom stereocenters. The molecule has 0 saturated heterocycles. The Bertz CT molecular complexity index is 752. The van der Waals surface area contributed by atoms with E-state index in [-0.39, 0.29) is 12.1 Å². The molecule has 128 valence electrons. The van der Waals surface area contributed by atoms with Crippen LogP contribution in [0.25, 0.3) is 5.69 Å². The summed E-state index contributed by atoms with van der Waals surface area (Å²) in [7, 11) is 1.59. The number of carboxylic acid groups (broad SMARTS) is 1. The van der Waals surface area contributed by atoms with Gasteiger partial charge in [0.05, 0.1) is 12.8 Å². The van der Waals surface area contributed by atoms with Crippen molar-refractivity contribution in [2.45, 2.75) is 32.7 Å². The number of ether oxygens (including phenoxy) is 1. The number of rotatable bonds is 6. The van der Waals surface area contributed by atoms with Crippen molar-refractivity contribution < 1.29 is 19.4 Å². The van der Waals surface area contributed by atoms with Crippen molar-refractivity contribution in [2.75, 3.05) is 7.11 Å². The monoisotopic (exact) mass is 331 g/mol. The molecule has 0 aliphatic heterocycles. The van der Waals surface area contributed by atoms with Crippen LogP contribution in [0.5, 0.6) is 5.75 Å². The first-order valence-corrected chi connectivity index (χ1v) is 7.57.